The van der Waals surface area contributed by atoms with Gasteiger partial charge in [0.2, 0.25) is 10.0 Å². The van der Waals surface area contributed by atoms with Crippen molar-refractivity contribution in [2.24, 2.45) is 5.92 Å². The van der Waals surface area contributed by atoms with Crippen molar-refractivity contribution in [1.82, 2.24) is 4.31 Å². The van der Waals surface area contributed by atoms with Crippen molar-refractivity contribution in [3.05, 3.63) is 0 Å². The first-order valence-electron chi connectivity index (χ1n) is 5.08. The maximum absolute atomic E-state index is 11.5. The maximum Gasteiger partial charge on any atom is 0.213 e. The molecule has 1 atom stereocenters. The molecule has 0 N–H and O–H groups in total. The molecule has 0 aromatic carbocycles. The van der Waals surface area contributed by atoms with E-state index in [4.69, 9.17) is 0 Å². The second-order valence-corrected chi connectivity index (χ2v) is 5.93. The van der Waals surface area contributed by atoms with Crippen LogP contribution >= 0.6 is 0 Å². The molecule has 78 valence electrons. The Kier molecular flexibility index (Phi) is 3.74. The van der Waals surface area contributed by atoms with Crippen LogP contribution in [0.3, 0.4) is 0 Å². The molecule has 4 heteroatoms. The average Bonchev–Trinajstić information content (AvgIpc) is 2.18. The zero-order valence-electron chi connectivity index (χ0n) is 8.49. The van der Waals surface area contributed by atoms with E-state index in [1.165, 1.54) is 6.42 Å². The molecule has 0 saturated carbocycles. The SMILES string of the molecule is CCC1CCCN(S(=O)(=O)CC)C1. The van der Waals surface area contributed by atoms with E-state index in [-0.39, 0.29) is 5.75 Å². The Labute approximate surface area is 81.2 Å². The molecule has 0 aliphatic carbocycles. The summed E-state index contributed by atoms with van der Waals surface area (Å²) in [5.74, 6) is 0.818. The van der Waals surface area contributed by atoms with E-state index in [9.17, 15) is 8.42 Å². The summed E-state index contributed by atoms with van der Waals surface area (Å²) in [5, 5.41) is 0. The van der Waals surface area contributed by atoms with E-state index in [1.54, 1.807) is 11.2 Å². The van der Waals surface area contributed by atoms with E-state index in [1.807, 2.05) is 0 Å². The van der Waals surface area contributed by atoms with Crippen molar-refractivity contribution in [2.75, 3.05) is 18.8 Å². The Hall–Kier alpha value is -0.0900. The molecule has 1 aliphatic heterocycles. The Morgan fingerprint density at radius 2 is 2.08 bits per heavy atom. The number of rotatable bonds is 3. The molecule has 1 aliphatic rings. The molecular formula is C9H19NO2S. The molecule has 0 amide bonds. The minimum absolute atomic E-state index is 0.240. The largest absolute Gasteiger partial charge is 0.213 e. The minimum Gasteiger partial charge on any atom is -0.212 e. The van der Waals surface area contributed by atoms with E-state index in [2.05, 4.69) is 6.92 Å². The van der Waals surface area contributed by atoms with Gasteiger partial charge in [0.25, 0.3) is 0 Å². The van der Waals surface area contributed by atoms with Crippen LogP contribution in [0.2, 0.25) is 0 Å². The summed E-state index contributed by atoms with van der Waals surface area (Å²) in [7, 11) is -2.93. The first-order chi connectivity index (χ1) is 6.10. The summed E-state index contributed by atoms with van der Waals surface area (Å²) >= 11 is 0. The van der Waals surface area contributed by atoms with Crippen molar-refractivity contribution >= 4 is 10.0 Å². The van der Waals surface area contributed by atoms with Gasteiger partial charge in [0.1, 0.15) is 0 Å². The first kappa shape index (κ1) is 11.0. The maximum atomic E-state index is 11.5. The normalized spacial score (nSPS) is 26.2. The third-order valence-corrected chi connectivity index (χ3v) is 4.67. The van der Waals surface area contributed by atoms with Gasteiger partial charge in [0, 0.05) is 13.1 Å². The molecule has 1 unspecified atom stereocenters. The van der Waals surface area contributed by atoms with E-state index >= 15 is 0 Å². The second-order valence-electron chi connectivity index (χ2n) is 3.68. The van der Waals surface area contributed by atoms with Gasteiger partial charge in [-0.2, -0.15) is 0 Å². The highest BCUT2D eigenvalue weighted by molar-refractivity contribution is 7.89. The van der Waals surface area contributed by atoms with Crippen LogP contribution in [0.25, 0.3) is 0 Å². The minimum atomic E-state index is -2.93. The number of sulfonamides is 1. The van der Waals surface area contributed by atoms with Gasteiger partial charge in [-0.15, -0.1) is 0 Å². The number of hydrogen-bond donors (Lipinski definition) is 0. The van der Waals surface area contributed by atoms with E-state index < -0.39 is 10.0 Å². The third kappa shape index (κ3) is 2.68. The molecule has 0 aromatic heterocycles. The molecule has 3 nitrogen and oxygen atoms in total. The molecular weight excluding hydrogens is 186 g/mol. The first-order valence-corrected chi connectivity index (χ1v) is 6.69. The van der Waals surface area contributed by atoms with Crippen LogP contribution in [-0.2, 0) is 10.0 Å². The van der Waals surface area contributed by atoms with Crippen molar-refractivity contribution in [1.29, 1.82) is 0 Å². The molecule has 1 heterocycles. The zero-order valence-corrected chi connectivity index (χ0v) is 9.31. The molecule has 1 saturated heterocycles. The van der Waals surface area contributed by atoms with Crippen molar-refractivity contribution in [3.8, 4) is 0 Å². The lowest BCUT2D eigenvalue weighted by atomic mass is 9.97. The fraction of sp³-hybridized carbons (Fsp3) is 1.00. The van der Waals surface area contributed by atoms with Gasteiger partial charge in [-0.05, 0) is 25.7 Å². The highest BCUT2D eigenvalue weighted by Gasteiger charge is 2.26. The third-order valence-electron chi connectivity index (χ3n) is 2.82. The Bertz CT molecular complexity index is 248. The topological polar surface area (TPSA) is 37.4 Å². The number of hydrogen-bond acceptors (Lipinski definition) is 2. The monoisotopic (exact) mass is 205 g/mol. The van der Waals surface area contributed by atoms with Gasteiger partial charge in [-0.25, -0.2) is 12.7 Å². The van der Waals surface area contributed by atoms with E-state index in [0.717, 1.165) is 25.9 Å². The predicted molar refractivity (Wildman–Crippen MR) is 54.0 cm³/mol. The fourth-order valence-corrected chi connectivity index (χ4v) is 3.01. The zero-order chi connectivity index (χ0) is 9.90. The van der Waals surface area contributed by atoms with Crippen LogP contribution < -0.4 is 0 Å². The summed E-state index contributed by atoms with van der Waals surface area (Å²) < 4.78 is 24.7. The van der Waals surface area contributed by atoms with Crippen LogP contribution in [0.1, 0.15) is 33.1 Å². The van der Waals surface area contributed by atoms with Crippen molar-refractivity contribution in [2.45, 2.75) is 33.1 Å². The number of piperidine rings is 1. The Balaban J connectivity index is 2.61. The molecule has 0 spiro atoms. The predicted octanol–water partition coefficient (Wildman–Crippen LogP) is 1.46. The van der Waals surface area contributed by atoms with Crippen LogP contribution in [0, 0.1) is 5.92 Å². The van der Waals surface area contributed by atoms with Crippen LogP contribution in [0.5, 0.6) is 0 Å². The summed E-state index contributed by atoms with van der Waals surface area (Å²) in [4.78, 5) is 0. The number of nitrogens with zero attached hydrogens (tertiary/aromatic N) is 1. The molecule has 1 rings (SSSR count). The smallest absolute Gasteiger partial charge is 0.212 e. The lowest BCUT2D eigenvalue weighted by molar-refractivity contribution is 0.262. The van der Waals surface area contributed by atoms with Crippen molar-refractivity contribution < 1.29 is 8.42 Å². The molecule has 0 radical (unpaired) electrons. The lowest BCUT2D eigenvalue weighted by Crippen LogP contribution is -2.40. The fourth-order valence-electron chi connectivity index (χ4n) is 1.80. The lowest BCUT2D eigenvalue weighted by Gasteiger charge is -2.30. The van der Waals surface area contributed by atoms with Crippen molar-refractivity contribution in [3.63, 3.8) is 0 Å². The van der Waals surface area contributed by atoms with Gasteiger partial charge in [0.15, 0.2) is 0 Å². The highest BCUT2D eigenvalue weighted by atomic mass is 32.2. The Morgan fingerprint density at radius 1 is 1.38 bits per heavy atom. The van der Waals surface area contributed by atoms with Gasteiger partial charge < -0.3 is 0 Å². The summed E-state index contributed by atoms with van der Waals surface area (Å²) in [5.41, 5.74) is 0. The van der Waals surface area contributed by atoms with Gasteiger partial charge >= 0.3 is 0 Å². The quantitative estimate of drug-likeness (QED) is 0.699. The van der Waals surface area contributed by atoms with Crippen LogP contribution in [0.15, 0.2) is 0 Å². The summed E-state index contributed by atoms with van der Waals surface area (Å²) in [6.07, 6.45) is 3.31. The summed E-state index contributed by atoms with van der Waals surface area (Å²) in [6.45, 7) is 5.32. The van der Waals surface area contributed by atoms with Gasteiger partial charge in [-0.3, -0.25) is 0 Å². The van der Waals surface area contributed by atoms with Gasteiger partial charge in [0.05, 0.1) is 5.75 Å². The second kappa shape index (κ2) is 4.42. The average molecular weight is 205 g/mol. The van der Waals surface area contributed by atoms with E-state index in [0.29, 0.717) is 5.92 Å². The molecule has 1 fully saturated rings. The summed E-state index contributed by atoms with van der Waals surface area (Å²) in [6, 6.07) is 0. The molecule has 0 bridgehead atoms. The standard InChI is InChI=1S/C9H19NO2S/c1-3-9-6-5-7-10(8-9)13(11,12)4-2/h9H,3-8H2,1-2H3. The van der Waals surface area contributed by atoms with Crippen LogP contribution in [-0.4, -0.2) is 31.6 Å². The molecule has 13 heavy (non-hydrogen) atoms. The highest BCUT2D eigenvalue weighted by Crippen LogP contribution is 2.21. The Morgan fingerprint density at radius 3 is 2.62 bits per heavy atom. The molecule has 0 aromatic rings. The van der Waals surface area contributed by atoms with Gasteiger partial charge in [-0.1, -0.05) is 13.3 Å². The van der Waals surface area contributed by atoms with Crippen LogP contribution in [0.4, 0.5) is 0 Å².